The molecule has 1 unspecified atom stereocenters. The number of unbranched alkanes of at least 4 members (excludes halogenated alkanes) is 1. The molecular weight excluding hydrogens is 206 g/mol. The van der Waals surface area contributed by atoms with Gasteiger partial charge in [-0.1, -0.05) is 6.92 Å². The molecule has 0 spiro atoms. The molecule has 4 heteroatoms. The van der Waals surface area contributed by atoms with Gasteiger partial charge >= 0.3 is 0 Å². The van der Waals surface area contributed by atoms with Gasteiger partial charge in [0.25, 0.3) is 0 Å². The number of hydrogen-bond donors (Lipinski definition) is 2. The van der Waals surface area contributed by atoms with Gasteiger partial charge < -0.3 is 10.6 Å². The van der Waals surface area contributed by atoms with Gasteiger partial charge in [-0.15, -0.1) is 11.3 Å². The normalized spacial score (nSPS) is 12.9. The average Bonchev–Trinajstić information content (AvgIpc) is 2.76. The van der Waals surface area contributed by atoms with Crippen molar-refractivity contribution in [3.8, 4) is 0 Å². The predicted octanol–water partition coefficient (Wildman–Crippen LogP) is 1.84. The van der Waals surface area contributed by atoms with Crippen LogP contribution in [-0.2, 0) is 0 Å². The fourth-order valence-corrected chi connectivity index (χ4v) is 2.13. The first-order chi connectivity index (χ1) is 7.34. The van der Waals surface area contributed by atoms with E-state index in [2.05, 4.69) is 22.5 Å². The van der Waals surface area contributed by atoms with E-state index in [4.69, 9.17) is 0 Å². The molecule has 0 fully saturated rings. The van der Waals surface area contributed by atoms with Crippen LogP contribution in [0.2, 0.25) is 0 Å². The zero-order valence-electron chi connectivity index (χ0n) is 9.62. The first-order valence-electron chi connectivity index (χ1n) is 5.59. The van der Waals surface area contributed by atoms with Crippen molar-refractivity contribution in [1.29, 1.82) is 0 Å². The summed E-state index contributed by atoms with van der Waals surface area (Å²) in [5.41, 5.74) is 0. The molecule has 1 atom stereocenters. The van der Waals surface area contributed by atoms with Crippen LogP contribution in [0.4, 0.5) is 0 Å². The van der Waals surface area contributed by atoms with Crippen molar-refractivity contribution < 1.29 is 0 Å². The molecule has 0 radical (unpaired) electrons. The highest BCUT2D eigenvalue weighted by atomic mass is 32.1. The number of aromatic nitrogens is 1. The summed E-state index contributed by atoms with van der Waals surface area (Å²) in [4.78, 5) is 4.31. The molecule has 1 heterocycles. The summed E-state index contributed by atoms with van der Waals surface area (Å²) in [6.45, 7) is 5.48. The van der Waals surface area contributed by atoms with Crippen molar-refractivity contribution in [2.45, 2.75) is 25.7 Å². The van der Waals surface area contributed by atoms with Crippen LogP contribution in [0.5, 0.6) is 0 Å². The van der Waals surface area contributed by atoms with Crippen molar-refractivity contribution in [2.75, 3.05) is 26.7 Å². The third-order valence-corrected chi connectivity index (χ3v) is 3.36. The van der Waals surface area contributed by atoms with Gasteiger partial charge in [0.15, 0.2) is 0 Å². The second-order valence-electron chi connectivity index (χ2n) is 3.79. The quantitative estimate of drug-likeness (QED) is 0.665. The molecule has 0 saturated heterocycles. The summed E-state index contributed by atoms with van der Waals surface area (Å²) in [7, 11) is 2.00. The second-order valence-corrected chi connectivity index (χ2v) is 4.71. The summed E-state index contributed by atoms with van der Waals surface area (Å²) in [5.74, 6) is 0.536. The van der Waals surface area contributed by atoms with E-state index >= 15 is 0 Å². The molecule has 1 aromatic heterocycles. The Balaban J connectivity index is 2.00. The Morgan fingerprint density at radius 1 is 1.40 bits per heavy atom. The lowest BCUT2D eigenvalue weighted by atomic mass is 10.2. The van der Waals surface area contributed by atoms with Crippen molar-refractivity contribution in [3.63, 3.8) is 0 Å². The fraction of sp³-hybridized carbons (Fsp3) is 0.727. The van der Waals surface area contributed by atoms with E-state index in [-0.39, 0.29) is 0 Å². The maximum Gasteiger partial charge on any atom is 0.0965 e. The van der Waals surface area contributed by atoms with Gasteiger partial charge in [0.05, 0.1) is 5.01 Å². The molecule has 0 aliphatic rings. The van der Waals surface area contributed by atoms with Gasteiger partial charge in [-0.05, 0) is 33.0 Å². The Bertz CT molecular complexity index is 236. The van der Waals surface area contributed by atoms with Crippen molar-refractivity contribution >= 4 is 11.3 Å². The Labute approximate surface area is 96.3 Å². The average molecular weight is 227 g/mol. The lowest BCUT2D eigenvalue weighted by molar-refractivity contribution is 0.572. The highest BCUT2D eigenvalue weighted by Gasteiger charge is 2.06. The summed E-state index contributed by atoms with van der Waals surface area (Å²) < 4.78 is 0. The van der Waals surface area contributed by atoms with E-state index in [1.165, 1.54) is 17.8 Å². The van der Waals surface area contributed by atoms with Crippen LogP contribution in [0.1, 0.15) is 30.7 Å². The SMILES string of the molecule is CNCCCCNCC(C)c1nccs1. The lowest BCUT2D eigenvalue weighted by Crippen LogP contribution is -2.22. The van der Waals surface area contributed by atoms with E-state index in [1.807, 2.05) is 18.6 Å². The van der Waals surface area contributed by atoms with Crippen LogP contribution in [0.25, 0.3) is 0 Å². The number of rotatable bonds is 8. The lowest BCUT2D eigenvalue weighted by Gasteiger charge is -2.09. The topological polar surface area (TPSA) is 37.0 Å². The zero-order valence-corrected chi connectivity index (χ0v) is 10.4. The number of nitrogens with one attached hydrogen (secondary N) is 2. The van der Waals surface area contributed by atoms with Crippen LogP contribution in [-0.4, -0.2) is 31.7 Å². The molecule has 3 nitrogen and oxygen atoms in total. The Morgan fingerprint density at radius 2 is 2.20 bits per heavy atom. The molecule has 1 rings (SSSR count). The summed E-state index contributed by atoms with van der Waals surface area (Å²) in [6, 6.07) is 0. The van der Waals surface area contributed by atoms with E-state index < -0.39 is 0 Å². The van der Waals surface area contributed by atoms with E-state index in [0.29, 0.717) is 5.92 Å². The molecule has 0 aromatic carbocycles. The first-order valence-corrected chi connectivity index (χ1v) is 6.47. The van der Waals surface area contributed by atoms with Crippen molar-refractivity contribution in [1.82, 2.24) is 15.6 Å². The first kappa shape index (κ1) is 12.6. The highest BCUT2D eigenvalue weighted by Crippen LogP contribution is 2.16. The molecule has 86 valence electrons. The maximum absolute atomic E-state index is 4.31. The van der Waals surface area contributed by atoms with Crippen LogP contribution >= 0.6 is 11.3 Å². The van der Waals surface area contributed by atoms with Gasteiger partial charge in [0.2, 0.25) is 0 Å². The van der Waals surface area contributed by atoms with Crippen LogP contribution in [0, 0.1) is 0 Å². The van der Waals surface area contributed by atoms with Crippen molar-refractivity contribution in [2.24, 2.45) is 0 Å². The molecule has 0 aliphatic carbocycles. The highest BCUT2D eigenvalue weighted by molar-refractivity contribution is 7.09. The molecule has 0 amide bonds. The Kier molecular flexibility index (Phi) is 6.55. The van der Waals surface area contributed by atoms with Gasteiger partial charge in [-0.3, -0.25) is 0 Å². The summed E-state index contributed by atoms with van der Waals surface area (Å²) in [5, 5.41) is 9.90. The molecule has 15 heavy (non-hydrogen) atoms. The van der Waals surface area contributed by atoms with Gasteiger partial charge in [0.1, 0.15) is 0 Å². The fourth-order valence-electron chi connectivity index (χ4n) is 1.44. The minimum absolute atomic E-state index is 0.536. The smallest absolute Gasteiger partial charge is 0.0965 e. The van der Waals surface area contributed by atoms with E-state index in [0.717, 1.165) is 19.6 Å². The molecular formula is C11H21N3S. The zero-order chi connectivity index (χ0) is 10.9. The molecule has 0 saturated carbocycles. The van der Waals surface area contributed by atoms with Gasteiger partial charge in [-0.2, -0.15) is 0 Å². The Hall–Kier alpha value is -0.450. The standard InChI is InChI=1S/C11H21N3S/c1-10(11-14-7-8-15-11)9-13-6-4-3-5-12-2/h7-8,10,12-13H,3-6,9H2,1-2H3. The monoisotopic (exact) mass is 227 g/mol. The van der Waals surface area contributed by atoms with Crippen LogP contribution < -0.4 is 10.6 Å². The third-order valence-electron chi connectivity index (χ3n) is 2.35. The van der Waals surface area contributed by atoms with Gasteiger partial charge in [0, 0.05) is 24.0 Å². The molecule has 0 aliphatic heterocycles. The summed E-state index contributed by atoms with van der Waals surface area (Å²) >= 11 is 1.74. The predicted molar refractivity (Wildman–Crippen MR) is 66.6 cm³/mol. The second kappa shape index (κ2) is 7.79. The Morgan fingerprint density at radius 3 is 2.87 bits per heavy atom. The molecule has 2 N–H and O–H groups in total. The minimum Gasteiger partial charge on any atom is -0.320 e. The van der Waals surface area contributed by atoms with E-state index in [1.54, 1.807) is 11.3 Å². The third kappa shape index (κ3) is 5.25. The number of hydrogen-bond acceptors (Lipinski definition) is 4. The summed E-state index contributed by atoms with van der Waals surface area (Å²) in [6.07, 6.45) is 4.37. The largest absolute Gasteiger partial charge is 0.320 e. The van der Waals surface area contributed by atoms with Crippen LogP contribution in [0.15, 0.2) is 11.6 Å². The minimum atomic E-state index is 0.536. The molecule has 0 bridgehead atoms. The molecule has 1 aromatic rings. The van der Waals surface area contributed by atoms with Gasteiger partial charge in [-0.25, -0.2) is 4.98 Å². The van der Waals surface area contributed by atoms with Crippen molar-refractivity contribution in [3.05, 3.63) is 16.6 Å². The number of nitrogens with zero attached hydrogens (tertiary/aromatic N) is 1. The van der Waals surface area contributed by atoms with Crippen LogP contribution in [0.3, 0.4) is 0 Å². The number of thiazole rings is 1. The van der Waals surface area contributed by atoms with E-state index in [9.17, 15) is 0 Å². The maximum atomic E-state index is 4.31.